The summed E-state index contributed by atoms with van der Waals surface area (Å²) in [6, 6.07) is 7.51. The summed E-state index contributed by atoms with van der Waals surface area (Å²) < 4.78 is 5.48. The van der Waals surface area contributed by atoms with E-state index in [1.807, 2.05) is 0 Å². The molecule has 1 aliphatic heterocycles. The molecule has 1 aliphatic carbocycles. The third-order valence-corrected chi connectivity index (χ3v) is 5.92. The van der Waals surface area contributed by atoms with Gasteiger partial charge in [-0.15, -0.1) is 0 Å². The first-order chi connectivity index (χ1) is 13.3. The van der Waals surface area contributed by atoms with Crippen molar-refractivity contribution in [2.75, 3.05) is 38.2 Å². The molecule has 2 N–H and O–H groups in total. The molecule has 0 atom stereocenters. The normalized spacial score (nSPS) is 24.2. The molecule has 0 unspecified atom stereocenters. The number of hydrogen-bond acceptors (Lipinski definition) is 6. The monoisotopic (exact) mass is 370 g/mol. The number of morpholine rings is 1. The topological polar surface area (TPSA) is 70.5 Å². The van der Waals surface area contributed by atoms with Crippen LogP contribution in [0, 0.1) is 0 Å². The zero-order valence-corrected chi connectivity index (χ0v) is 15.9. The van der Waals surface area contributed by atoms with Crippen molar-refractivity contribution < 1.29 is 9.84 Å². The molecule has 146 valence electrons. The third kappa shape index (κ3) is 4.57. The minimum absolute atomic E-state index is 0.223. The molecule has 1 saturated carbocycles. The lowest BCUT2D eigenvalue weighted by Gasteiger charge is -2.39. The van der Waals surface area contributed by atoms with Crippen LogP contribution < -0.4 is 5.32 Å². The van der Waals surface area contributed by atoms with Gasteiger partial charge in [-0.2, -0.15) is 0 Å². The second kappa shape index (κ2) is 8.95. The van der Waals surface area contributed by atoms with Crippen molar-refractivity contribution in [1.82, 2.24) is 14.9 Å². The molecule has 0 amide bonds. The van der Waals surface area contributed by atoms with Crippen LogP contribution in [-0.2, 0) is 11.2 Å². The number of hydrogen-bond donors (Lipinski definition) is 2. The highest BCUT2D eigenvalue weighted by Crippen LogP contribution is 2.28. The second-order valence-electron chi connectivity index (χ2n) is 7.70. The first-order valence-corrected chi connectivity index (χ1v) is 10.3. The van der Waals surface area contributed by atoms with Crippen LogP contribution in [0.2, 0.25) is 0 Å². The number of benzene rings is 1. The average Bonchev–Trinajstić information content (AvgIpc) is 2.74. The van der Waals surface area contributed by atoms with Crippen LogP contribution in [-0.4, -0.2) is 65.0 Å². The van der Waals surface area contributed by atoms with Crippen molar-refractivity contribution in [3.63, 3.8) is 0 Å². The van der Waals surface area contributed by atoms with Crippen LogP contribution in [0.25, 0.3) is 10.9 Å². The van der Waals surface area contributed by atoms with Gasteiger partial charge in [0.15, 0.2) is 0 Å². The number of aromatic nitrogens is 2. The van der Waals surface area contributed by atoms with Crippen molar-refractivity contribution in [2.24, 2.45) is 0 Å². The van der Waals surface area contributed by atoms with Crippen molar-refractivity contribution in [3.8, 4) is 0 Å². The Labute approximate surface area is 161 Å². The molecule has 4 rings (SSSR count). The van der Waals surface area contributed by atoms with Crippen molar-refractivity contribution in [2.45, 2.75) is 50.6 Å². The van der Waals surface area contributed by atoms with Gasteiger partial charge in [-0.3, -0.25) is 4.90 Å². The zero-order valence-electron chi connectivity index (χ0n) is 15.9. The second-order valence-corrected chi connectivity index (χ2v) is 7.70. The number of rotatable bonds is 6. The molecule has 0 bridgehead atoms. The molecular formula is C21H30N4O2. The van der Waals surface area contributed by atoms with Crippen molar-refractivity contribution >= 4 is 16.7 Å². The third-order valence-electron chi connectivity index (χ3n) is 5.92. The number of nitrogens with zero attached hydrogens (tertiary/aromatic N) is 3. The molecule has 0 radical (unpaired) electrons. The molecule has 2 heterocycles. The van der Waals surface area contributed by atoms with Crippen LogP contribution in [0.3, 0.4) is 0 Å². The van der Waals surface area contributed by atoms with Gasteiger partial charge >= 0.3 is 0 Å². The van der Waals surface area contributed by atoms with E-state index in [9.17, 15) is 0 Å². The number of nitrogens with one attached hydrogen (secondary N) is 1. The summed E-state index contributed by atoms with van der Waals surface area (Å²) in [4.78, 5) is 11.5. The quantitative estimate of drug-likeness (QED) is 0.815. The van der Waals surface area contributed by atoms with Gasteiger partial charge in [0.25, 0.3) is 0 Å². The lowest BCUT2D eigenvalue weighted by atomic mass is 9.90. The highest BCUT2D eigenvalue weighted by molar-refractivity contribution is 5.89. The van der Waals surface area contributed by atoms with Gasteiger partial charge in [-0.1, -0.05) is 6.07 Å². The summed E-state index contributed by atoms with van der Waals surface area (Å²) in [5, 5.41) is 13.9. The highest BCUT2D eigenvalue weighted by Gasteiger charge is 2.27. The number of anilines is 1. The van der Waals surface area contributed by atoms with Crippen LogP contribution in [0.1, 0.15) is 37.7 Å². The summed E-state index contributed by atoms with van der Waals surface area (Å²) in [5.74, 6) is 0.945. The Kier molecular flexibility index (Phi) is 6.17. The maximum Gasteiger partial charge on any atom is 0.137 e. The Morgan fingerprint density at radius 3 is 2.70 bits per heavy atom. The largest absolute Gasteiger partial charge is 0.396 e. The van der Waals surface area contributed by atoms with E-state index in [2.05, 4.69) is 38.4 Å². The Morgan fingerprint density at radius 1 is 1.11 bits per heavy atom. The zero-order chi connectivity index (χ0) is 18.5. The molecule has 2 aliphatic rings. The molecule has 0 spiro atoms. The maximum absolute atomic E-state index is 9.08. The highest BCUT2D eigenvalue weighted by atomic mass is 16.5. The number of aliphatic hydroxyl groups excluding tert-OH is 1. The molecular weight excluding hydrogens is 340 g/mol. The van der Waals surface area contributed by atoms with Crippen LogP contribution in [0.4, 0.5) is 5.82 Å². The molecule has 1 aromatic carbocycles. The van der Waals surface area contributed by atoms with Crippen molar-refractivity contribution in [3.05, 3.63) is 30.1 Å². The average molecular weight is 370 g/mol. The van der Waals surface area contributed by atoms with E-state index in [-0.39, 0.29) is 6.61 Å². The van der Waals surface area contributed by atoms with Crippen LogP contribution >= 0.6 is 0 Å². The molecule has 6 heteroatoms. The fourth-order valence-corrected chi connectivity index (χ4v) is 4.38. The van der Waals surface area contributed by atoms with Gasteiger partial charge in [-0.25, -0.2) is 9.97 Å². The van der Waals surface area contributed by atoms with E-state index in [0.29, 0.717) is 12.1 Å². The smallest absolute Gasteiger partial charge is 0.137 e. The van der Waals surface area contributed by atoms with Gasteiger partial charge in [0.1, 0.15) is 12.1 Å². The van der Waals surface area contributed by atoms with Crippen molar-refractivity contribution in [1.29, 1.82) is 0 Å². The molecule has 2 fully saturated rings. The van der Waals surface area contributed by atoms with Gasteiger partial charge in [0.05, 0.1) is 18.7 Å². The predicted molar refractivity (Wildman–Crippen MR) is 107 cm³/mol. The number of aliphatic hydroxyl groups is 1. The Balaban J connectivity index is 1.41. The fraction of sp³-hybridized carbons (Fsp3) is 0.619. The SMILES string of the molecule is OCCCc1ccc2ncnc(NC3CCC(N4CCOCC4)CC3)c2c1. The summed E-state index contributed by atoms with van der Waals surface area (Å²) in [7, 11) is 0. The number of ether oxygens (including phenoxy) is 1. The fourth-order valence-electron chi connectivity index (χ4n) is 4.38. The molecule has 2 aromatic rings. The Morgan fingerprint density at radius 2 is 1.93 bits per heavy atom. The van der Waals surface area contributed by atoms with E-state index in [1.54, 1.807) is 6.33 Å². The van der Waals surface area contributed by atoms with Gasteiger partial charge in [0, 0.05) is 37.2 Å². The van der Waals surface area contributed by atoms with E-state index in [0.717, 1.165) is 55.9 Å². The minimum atomic E-state index is 0.223. The van der Waals surface area contributed by atoms with Crippen LogP contribution in [0.5, 0.6) is 0 Å². The Hall–Kier alpha value is -1.76. The molecule has 1 aromatic heterocycles. The van der Waals surface area contributed by atoms with Gasteiger partial charge in [-0.05, 0) is 56.2 Å². The predicted octanol–water partition coefficient (Wildman–Crippen LogP) is 2.61. The van der Waals surface area contributed by atoms with Gasteiger partial charge in [0.2, 0.25) is 0 Å². The maximum atomic E-state index is 9.08. The molecule has 27 heavy (non-hydrogen) atoms. The van der Waals surface area contributed by atoms with E-state index in [1.165, 1.54) is 31.2 Å². The Bertz CT molecular complexity index is 740. The first kappa shape index (κ1) is 18.6. The molecule has 6 nitrogen and oxygen atoms in total. The molecule has 1 saturated heterocycles. The van der Waals surface area contributed by atoms with E-state index >= 15 is 0 Å². The lowest BCUT2D eigenvalue weighted by Crippen LogP contribution is -2.46. The first-order valence-electron chi connectivity index (χ1n) is 10.3. The summed E-state index contributed by atoms with van der Waals surface area (Å²) in [6.45, 7) is 4.14. The number of fused-ring (bicyclic) bond motifs is 1. The standard InChI is InChI=1S/C21H30N4O2/c26-11-1-2-16-3-8-20-19(14-16)21(23-15-22-20)24-17-4-6-18(7-5-17)25-9-12-27-13-10-25/h3,8,14-15,17-18,26H,1-2,4-7,9-13H2,(H,22,23,24). The summed E-state index contributed by atoms with van der Waals surface area (Å²) in [6.07, 6.45) is 8.15. The van der Waals surface area contributed by atoms with E-state index in [4.69, 9.17) is 9.84 Å². The summed E-state index contributed by atoms with van der Waals surface area (Å²) >= 11 is 0. The minimum Gasteiger partial charge on any atom is -0.396 e. The number of aryl methyl sites for hydroxylation is 1. The van der Waals surface area contributed by atoms with E-state index < -0.39 is 0 Å². The van der Waals surface area contributed by atoms with Gasteiger partial charge < -0.3 is 15.2 Å². The lowest BCUT2D eigenvalue weighted by molar-refractivity contribution is 0.00791. The van der Waals surface area contributed by atoms with Crippen LogP contribution in [0.15, 0.2) is 24.5 Å². The summed E-state index contributed by atoms with van der Waals surface area (Å²) in [5.41, 5.74) is 2.20.